The summed E-state index contributed by atoms with van der Waals surface area (Å²) >= 11 is 0. The average molecular weight is 333 g/mol. The predicted molar refractivity (Wildman–Crippen MR) is 98.7 cm³/mol. The first-order valence-corrected chi connectivity index (χ1v) is 8.27. The van der Waals surface area contributed by atoms with E-state index >= 15 is 0 Å². The van der Waals surface area contributed by atoms with Crippen LogP contribution in [0.5, 0.6) is 5.75 Å². The number of imidazole rings is 1. The highest BCUT2D eigenvalue weighted by molar-refractivity contribution is 5.88. The first kappa shape index (κ1) is 15.4. The Hall–Kier alpha value is -3.15. The molecule has 0 amide bonds. The number of ether oxygens (including phenoxy) is 1. The van der Waals surface area contributed by atoms with Gasteiger partial charge in [-0.1, -0.05) is 30.3 Å². The number of fused-ring (bicyclic) bond motifs is 2. The molecular weight excluding hydrogens is 314 g/mol. The summed E-state index contributed by atoms with van der Waals surface area (Å²) in [5.74, 6) is 1.61. The first-order valence-electron chi connectivity index (χ1n) is 8.27. The molecule has 0 spiro atoms. The lowest BCUT2D eigenvalue weighted by molar-refractivity contribution is 0.240. The summed E-state index contributed by atoms with van der Waals surface area (Å²) < 4.78 is 6.02. The molecular formula is C19H19N5O. The van der Waals surface area contributed by atoms with Crippen molar-refractivity contribution in [2.24, 2.45) is 0 Å². The van der Waals surface area contributed by atoms with Gasteiger partial charge >= 0.3 is 0 Å². The number of anilines is 1. The van der Waals surface area contributed by atoms with Gasteiger partial charge in [-0.3, -0.25) is 0 Å². The lowest BCUT2D eigenvalue weighted by atomic mass is 10.0. The van der Waals surface area contributed by atoms with Crippen LogP contribution in [0, 0.1) is 0 Å². The average Bonchev–Trinajstić information content (AvgIpc) is 3.09. The number of benzene rings is 2. The van der Waals surface area contributed by atoms with Gasteiger partial charge < -0.3 is 15.0 Å². The molecule has 0 saturated carbocycles. The van der Waals surface area contributed by atoms with Crippen LogP contribution in [0.25, 0.3) is 21.9 Å². The van der Waals surface area contributed by atoms with Gasteiger partial charge in [0.1, 0.15) is 17.6 Å². The summed E-state index contributed by atoms with van der Waals surface area (Å²) in [5.41, 5.74) is 2.56. The molecule has 4 rings (SSSR count). The van der Waals surface area contributed by atoms with E-state index in [1.165, 1.54) is 17.1 Å². The first-order chi connectivity index (χ1) is 12.2. The summed E-state index contributed by atoms with van der Waals surface area (Å²) in [6.45, 7) is 4.66. The van der Waals surface area contributed by atoms with E-state index in [-0.39, 0.29) is 6.10 Å². The molecule has 6 nitrogen and oxygen atoms in total. The van der Waals surface area contributed by atoms with Crippen molar-refractivity contribution in [3.63, 3.8) is 0 Å². The molecule has 2 aromatic heterocycles. The third kappa shape index (κ3) is 2.98. The summed E-state index contributed by atoms with van der Waals surface area (Å²) in [5, 5.41) is 5.75. The van der Waals surface area contributed by atoms with Gasteiger partial charge in [-0.2, -0.15) is 0 Å². The second-order valence-electron chi connectivity index (χ2n) is 6.11. The Morgan fingerprint density at radius 3 is 2.84 bits per heavy atom. The van der Waals surface area contributed by atoms with Crippen molar-refractivity contribution < 1.29 is 4.74 Å². The molecule has 25 heavy (non-hydrogen) atoms. The van der Waals surface area contributed by atoms with Crippen LogP contribution in [0.15, 0.2) is 49.1 Å². The molecule has 2 heterocycles. The van der Waals surface area contributed by atoms with Gasteiger partial charge in [-0.05, 0) is 30.7 Å². The molecule has 0 fully saturated rings. The molecule has 0 bridgehead atoms. The fourth-order valence-corrected chi connectivity index (χ4v) is 2.93. The Kier molecular flexibility index (Phi) is 3.93. The maximum absolute atomic E-state index is 6.02. The van der Waals surface area contributed by atoms with Crippen molar-refractivity contribution in [1.82, 2.24) is 19.9 Å². The minimum absolute atomic E-state index is 0.110. The Morgan fingerprint density at radius 2 is 1.96 bits per heavy atom. The number of aromatic nitrogens is 4. The van der Waals surface area contributed by atoms with Gasteiger partial charge in [-0.25, -0.2) is 15.0 Å². The number of rotatable bonds is 5. The molecule has 4 aromatic rings. The second-order valence-corrected chi connectivity index (χ2v) is 6.11. The molecule has 0 aliphatic carbocycles. The largest absolute Gasteiger partial charge is 0.491 e. The fraction of sp³-hybridized carbons (Fsp3) is 0.211. The highest BCUT2D eigenvalue weighted by Gasteiger charge is 2.12. The lowest BCUT2D eigenvalue weighted by Crippen LogP contribution is -2.10. The standard InChI is InChI=1S/C19H19N5O/c1-12(2)25-16-8-7-13-5-3-4-6-14(13)15(16)9-20-18-17-19(22-10-21-17)24-11-23-18/h3-8,10-12H,9H2,1-2H3,(H2,20,21,22,23,24). The van der Waals surface area contributed by atoms with Crippen LogP contribution in [0.4, 0.5) is 5.82 Å². The minimum atomic E-state index is 0.110. The van der Waals surface area contributed by atoms with Crippen molar-refractivity contribution >= 4 is 27.8 Å². The lowest BCUT2D eigenvalue weighted by Gasteiger charge is -2.17. The summed E-state index contributed by atoms with van der Waals surface area (Å²) in [4.78, 5) is 15.7. The van der Waals surface area contributed by atoms with E-state index in [9.17, 15) is 0 Å². The summed E-state index contributed by atoms with van der Waals surface area (Å²) in [6, 6.07) is 12.4. The highest BCUT2D eigenvalue weighted by Crippen LogP contribution is 2.30. The number of hydrogen-bond donors (Lipinski definition) is 2. The van der Waals surface area contributed by atoms with Crippen LogP contribution in [0.1, 0.15) is 19.4 Å². The maximum Gasteiger partial charge on any atom is 0.182 e. The Morgan fingerprint density at radius 1 is 1.08 bits per heavy atom. The minimum Gasteiger partial charge on any atom is -0.491 e. The van der Waals surface area contributed by atoms with Crippen LogP contribution >= 0.6 is 0 Å². The zero-order chi connectivity index (χ0) is 17.2. The Balaban J connectivity index is 1.73. The van der Waals surface area contributed by atoms with Gasteiger partial charge in [0.15, 0.2) is 11.5 Å². The van der Waals surface area contributed by atoms with E-state index in [0.29, 0.717) is 12.2 Å². The number of hydrogen-bond acceptors (Lipinski definition) is 5. The molecule has 0 atom stereocenters. The van der Waals surface area contributed by atoms with Crippen molar-refractivity contribution in [3.05, 3.63) is 54.6 Å². The smallest absolute Gasteiger partial charge is 0.182 e. The van der Waals surface area contributed by atoms with Crippen molar-refractivity contribution in [1.29, 1.82) is 0 Å². The molecule has 2 aromatic carbocycles. The van der Waals surface area contributed by atoms with Gasteiger partial charge in [0, 0.05) is 12.1 Å². The Bertz CT molecular complexity index is 1020. The van der Waals surface area contributed by atoms with Crippen molar-refractivity contribution in [2.45, 2.75) is 26.5 Å². The highest BCUT2D eigenvalue weighted by atomic mass is 16.5. The third-order valence-electron chi connectivity index (χ3n) is 4.02. The normalized spacial score (nSPS) is 11.3. The summed E-state index contributed by atoms with van der Waals surface area (Å²) in [6.07, 6.45) is 3.24. The molecule has 0 radical (unpaired) electrons. The molecule has 0 saturated heterocycles. The number of nitrogens with one attached hydrogen (secondary N) is 2. The topological polar surface area (TPSA) is 75.7 Å². The van der Waals surface area contributed by atoms with E-state index in [1.807, 2.05) is 32.0 Å². The van der Waals surface area contributed by atoms with Crippen molar-refractivity contribution in [2.75, 3.05) is 5.32 Å². The molecule has 0 aliphatic rings. The van der Waals surface area contributed by atoms with E-state index in [2.05, 4.69) is 43.5 Å². The SMILES string of the molecule is CC(C)Oc1ccc2ccccc2c1CNc1ncnc2nc[nH]c12. The van der Waals surface area contributed by atoms with Crippen LogP contribution < -0.4 is 10.1 Å². The van der Waals surface area contributed by atoms with Gasteiger partial charge in [-0.15, -0.1) is 0 Å². The number of H-pyrrole nitrogens is 1. The van der Waals surface area contributed by atoms with Crippen LogP contribution in [-0.4, -0.2) is 26.0 Å². The quantitative estimate of drug-likeness (QED) is 0.579. The summed E-state index contributed by atoms with van der Waals surface area (Å²) in [7, 11) is 0. The third-order valence-corrected chi connectivity index (χ3v) is 4.02. The molecule has 0 unspecified atom stereocenters. The number of aromatic amines is 1. The predicted octanol–water partition coefficient (Wildman–Crippen LogP) is 3.91. The molecule has 126 valence electrons. The Labute approximate surface area is 145 Å². The van der Waals surface area contributed by atoms with Crippen LogP contribution in [0.2, 0.25) is 0 Å². The van der Waals surface area contributed by atoms with E-state index in [0.717, 1.165) is 22.6 Å². The zero-order valence-electron chi connectivity index (χ0n) is 14.2. The van der Waals surface area contributed by atoms with E-state index in [1.54, 1.807) is 6.33 Å². The van der Waals surface area contributed by atoms with E-state index < -0.39 is 0 Å². The fourth-order valence-electron chi connectivity index (χ4n) is 2.93. The second kappa shape index (κ2) is 6.39. The van der Waals surface area contributed by atoms with Crippen LogP contribution in [-0.2, 0) is 6.54 Å². The monoisotopic (exact) mass is 333 g/mol. The van der Waals surface area contributed by atoms with Crippen LogP contribution in [0.3, 0.4) is 0 Å². The van der Waals surface area contributed by atoms with Gasteiger partial charge in [0.05, 0.1) is 12.4 Å². The van der Waals surface area contributed by atoms with Gasteiger partial charge in [0.25, 0.3) is 0 Å². The van der Waals surface area contributed by atoms with E-state index in [4.69, 9.17) is 4.74 Å². The zero-order valence-corrected chi connectivity index (χ0v) is 14.2. The molecule has 6 heteroatoms. The maximum atomic E-state index is 6.02. The van der Waals surface area contributed by atoms with Gasteiger partial charge in [0.2, 0.25) is 0 Å². The van der Waals surface area contributed by atoms with Crippen molar-refractivity contribution in [3.8, 4) is 5.75 Å². The number of nitrogens with zero attached hydrogens (tertiary/aromatic N) is 3. The molecule has 2 N–H and O–H groups in total. The molecule has 0 aliphatic heterocycles.